The Bertz CT molecular complexity index is 974. The monoisotopic (exact) mass is 359 g/mol. The van der Waals surface area contributed by atoms with Gasteiger partial charge in [-0.2, -0.15) is 0 Å². The summed E-state index contributed by atoms with van der Waals surface area (Å²) in [5.74, 6) is 0.190. The van der Waals surface area contributed by atoms with E-state index in [2.05, 4.69) is 20.3 Å². The third-order valence-corrected chi connectivity index (χ3v) is 4.38. The molecule has 0 radical (unpaired) electrons. The highest BCUT2D eigenvalue weighted by Crippen LogP contribution is 2.24. The van der Waals surface area contributed by atoms with Crippen LogP contribution < -0.4 is 11.1 Å². The minimum absolute atomic E-state index is 0. The molecule has 0 aliphatic heterocycles. The Morgan fingerprint density at radius 2 is 2.08 bits per heavy atom. The molecule has 3 aromatic heterocycles. The Balaban J connectivity index is 0.00000169. The van der Waals surface area contributed by atoms with Crippen LogP contribution in [0.25, 0.3) is 21.5 Å². The smallest absolute Gasteiger partial charge is 0.272 e. The second-order valence-corrected chi connectivity index (χ2v) is 6.05. The summed E-state index contributed by atoms with van der Waals surface area (Å²) in [6.07, 6.45) is 1.66. The molecule has 0 fully saturated rings. The lowest BCUT2D eigenvalue weighted by molar-refractivity contribution is 0.102. The van der Waals surface area contributed by atoms with Crippen molar-refractivity contribution in [1.29, 1.82) is 0 Å². The maximum atomic E-state index is 12.4. The van der Waals surface area contributed by atoms with E-state index >= 15 is 0 Å². The van der Waals surface area contributed by atoms with Gasteiger partial charge in [-0.3, -0.25) is 4.79 Å². The summed E-state index contributed by atoms with van der Waals surface area (Å²) in [5, 5.41) is 4.88. The van der Waals surface area contributed by atoms with Crippen LogP contribution >= 0.6 is 23.7 Å². The lowest BCUT2D eigenvalue weighted by atomic mass is 10.1. The van der Waals surface area contributed by atoms with E-state index in [1.807, 2.05) is 41.8 Å². The molecule has 5 N–H and O–H groups in total. The van der Waals surface area contributed by atoms with Crippen LogP contribution in [-0.2, 0) is 0 Å². The molecule has 0 saturated heterocycles. The molecule has 3 heterocycles. The number of halogens is 1. The molecule has 6 nitrogen and oxygen atoms in total. The number of nitrogens with zero attached hydrogens (tertiary/aromatic N) is 1. The van der Waals surface area contributed by atoms with Crippen molar-refractivity contribution >= 4 is 51.5 Å². The van der Waals surface area contributed by atoms with Gasteiger partial charge in [0.15, 0.2) is 5.95 Å². The zero-order valence-corrected chi connectivity index (χ0v) is 14.0. The minimum atomic E-state index is -0.172. The molecular weight excluding hydrogens is 346 g/mol. The first-order valence-corrected chi connectivity index (χ1v) is 7.85. The molecule has 4 aromatic rings. The summed E-state index contributed by atoms with van der Waals surface area (Å²) in [5.41, 5.74) is 9.53. The fourth-order valence-electron chi connectivity index (χ4n) is 2.42. The van der Waals surface area contributed by atoms with Gasteiger partial charge >= 0.3 is 0 Å². The average molecular weight is 360 g/mol. The van der Waals surface area contributed by atoms with Crippen molar-refractivity contribution in [2.45, 2.75) is 0 Å². The number of carbonyl (C=O) groups is 1. The second-order valence-electron chi connectivity index (χ2n) is 5.10. The summed E-state index contributed by atoms with van der Waals surface area (Å²) >= 11 is 1.60. The van der Waals surface area contributed by atoms with Gasteiger partial charge in [0.1, 0.15) is 5.69 Å². The molecule has 122 valence electrons. The van der Waals surface area contributed by atoms with Crippen molar-refractivity contribution in [3.63, 3.8) is 0 Å². The second kappa shape index (κ2) is 6.38. The van der Waals surface area contributed by atoms with Crippen LogP contribution in [0, 0.1) is 0 Å². The maximum absolute atomic E-state index is 12.4. The van der Waals surface area contributed by atoms with Crippen molar-refractivity contribution in [2.75, 3.05) is 11.1 Å². The molecule has 0 aliphatic carbocycles. The van der Waals surface area contributed by atoms with Gasteiger partial charge in [0.05, 0.1) is 22.1 Å². The van der Waals surface area contributed by atoms with Crippen molar-refractivity contribution in [1.82, 2.24) is 15.0 Å². The van der Waals surface area contributed by atoms with E-state index in [-0.39, 0.29) is 18.3 Å². The third-order valence-electron chi connectivity index (χ3n) is 3.51. The molecule has 0 saturated carbocycles. The maximum Gasteiger partial charge on any atom is 0.272 e. The van der Waals surface area contributed by atoms with Gasteiger partial charge < -0.3 is 21.0 Å². The van der Waals surface area contributed by atoms with Gasteiger partial charge in [-0.15, -0.1) is 23.7 Å². The number of imidazole rings is 1. The number of nitrogens with one attached hydrogen (secondary N) is 3. The molecule has 1 aromatic carbocycles. The standard InChI is InChI=1S/C16H13N5OS.ClH/c17-16-18-8-13(21-16)9-2-1-3-10(6-9)19-15(22)12-7-14-11(20-12)4-5-23-14;/h1-8,20H,(H,19,22)(H3,17,18,21);1H. The number of fused-ring (bicyclic) bond motifs is 1. The van der Waals surface area contributed by atoms with E-state index in [0.717, 1.165) is 21.5 Å². The molecule has 4 rings (SSSR count). The number of aromatic amines is 2. The predicted octanol–water partition coefficient (Wildman–Crippen LogP) is 3.88. The van der Waals surface area contributed by atoms with Crippen molar-refractivity contribution in [3.8, 4) is 11.3 Å². The molecule has 0 spiro atoms. The first kappa shape index (κ1) is 16.1. The Morgan fingerprint density at radius 3 is 2.83 bits per heavy atom. The number of nitrogens with two attached hydrogens (primary N) is 1. The Kier molecular flexibility index (Phi) is 4.28. The molecule has 0 unspecified atom stereocenters. The summed E-state index contributed by atoms with van der Waals surface area (Å²) in [7, 11) is 0. The minimum Gasteiger partial charge on any atom is -0.369 e. The number of anilines is 2. The van der Waals surface area contributed by atoms with Crippen LogP contribution in [0.3, 0.4) is 0 Å². The Morgan fingerprint density at radius 1 is 1.21 bits per heavy atom. The Labute approximate surface area is 147 Å². The zero-order chi connectivity index (χ0) is 15.8. The predicted molar refractivity (Wildman–Crippen MR) is 99.8 cm³/mol. The van der Waals surface area contributed by atoms with Gasteiger partial charge in [-0.25, -0.2) is 4.98 Å². The van der Waals surface area contributed by atoms with Crippen LogP contribution in [0.15, 0.2) is 48.0 Å². The third kappa shape index (κ3) is 2.99. The average Bonchev–Trinajstić information content (AvgIpc) is 3.22. The van der Waals surface area contributed by atoms with Crippen LogP contribution in [0.4, 0.5) is 11.6 Å². The molecule has 0 atom stereocenters. The quantitative estimate of drug-likeness (QED) is 0.446. The van der Waals surface area contributed by atoms with Crippen molar-refractivity contribution in [3.05, 3.63) is 53.7 Å². The number of hydrogen-bond donors (Lipinski definition) is 4. The number of rotatable bonds is 3. The first-order chi connectivity index (χ1) is 11.2. The molecular formula is C16H14ClN5OS. The highest BCUT2D eigenvalue weighted by molar-refractivity contribution is 7.17. The number of amides is 1. The van der Waals surface area contributed by atoms with Crippen molar-refractivity contribution < 1.29 is 4.79 Å². The van der Waals surface area contributed by atoms with Gasteiger partial charge in [-0.05, 0) is 29.6 Å². The lowest BCUT2D eigenvalue weighted by Gasteiger charge is -2.05. The van der Waals surface area contributed by atoms with Gasteiger partial charge in [0, 0.05) is 11.3 Å². The van der Waals surface area contributed by atoms with Gasteiger partial charge in [0.25, 0.3) is 5.91 Å². The van der Waals surface area contributed by atoms with E-state index in [1.165, 1.54) is 0 Å². The normalized spacial score (nSPS) is 10.5. The molecule has 0 aliphatic rings. The number of H-pyrrole nitrogens is 2. The first-order valence-electron chi connectivity index (χ1n) is 6.97. The molecule has 0 bridgehead atoms. The van der Waals surface area contributed by atoms with Crippen LogP contribution in [0.2, 0.25) is 0 Å². The lowest BCUT2D eigenvalue weighted by Crippen LogP contribution is -2.12. The number of aromatic nitrogens is 3. The number of benzene rings is 1. The summed E-state index contributed by atoms with van der Waals surface area (Å²) in [4.78, 5) is 22.4. The van der Waals surface area contributed by atoms with E-state index in [4.69, 9.17) is 5.73 Å². The fraction of sp³-hybridized carbons (Fsp3) is 0. The largest absolute Gasteiger partial charge is 0.369 e. The number of thiophene rings is 1. The van der Waals surface area contributed by atoms with Gasteiger partial charge in [0.2, 0.25) is 0 Å². The van der Waals surface area contributed by atoms with E-state index in [1.54, 1.807) is 17.5 Å². The van der Waals surface area contributed by atoms with Crippen LogP contribution in [0.1, 0.15) is 10.5 Å². The highest BCUT2D eigenvalue weighted by Gasteiger charge is 2.11. The summed E-state index contributed by atoms with van der Waals surface area (Å²) < 4.78 is 1.07. The highest BCUT2D eigenvalue weighted by atomic mass is 35.5. The molecule has 24 heavy (non-hydrogen) atoms. The van der Waals surface area contributed by atoms with Crippen molar-refractivity contribution in [2.24, 2.45) is 0 Å². The SMILES string of the molecule is Cl.Nc1ncc(-c2cccc(NC(=O)c3cc4sccc4[nH]3)c2)[nH]1. The molecule has 1 amide bonds. The van der Waals surface area contributed by atoms with E-state index in [9.17, 15) is 4.79 Å². The number of carbonyl (C=O) groups excluding carboxylic acids is 1. The molecule has 8 heteroatoms. The number of nitrogen functional groups attached to an aromatic ring is 1. The van der Waals surface area contributed by atoms with Crippen LogP contribution in [-0.4, -0.2) is 20.9 Å². The fourth-order valence-corrected chi connectivity index (χ4v) is 3.20. The summed E-state index contributed by atoms with van der Waals surface area (Å²) in [6.45, 7) is 0. The van der Waals surface area contributed by atoms with Gasteiger partial charge in [-0.1, -0.05) is 12.1 Å². The van der Waals surface area contributed by atoms with E-state index in [0.29, 0.717) is 17.3 Å². The topological polar surface area (TPSA) is 99.6 Å². The van der Waals surface area contributed by atoms with Crippen LogP contribution in [0.5, 0.6) is 0 Å². The summed E-state index contributed by atoms with van der Waals surface area (Å²) in [6, 6.07) is 11.3. The Hall–Kier alpha value is -2.77. The number of hydrogen-bond acceptors (Lipinski definition) is 4. The van der Waals surface area contributed by atoms with E-state index < -0.39 is 0 Å². The zero-order valence-electron chi connectivity index (χ0n) is 12.4.